The molecule has 1 unspecified atom stereocenters. The van der Waals surface area contributed by atoms with Gasteiger partial charge in [0.1, 0.15) is 0 Å². The zero-order chi connectivity index (χ0) is 11.3. The summed E-state index contributed by atoms with van der Waals surface area (Å²) < 4.78 is 0. The van der Waals surface area contributed by atoms with Crippen LogP contribution in [0, 0.1) is 0 Å². The highest BCUT2D eigenvalue weighted by Crippen LogP contribution is 2.20. The second-order valence-electron chi connectivity index (χ2n) is 3.39. The first-order valence-corrected chi connectivity index (χ1v) is 4.61. The van der Waals surface area contributed by atoms with Gasteiger partial charge in [0.25, 0.3) is 0 Å². The lowest BCUT2D eigenvalue weighted by molar-refractivity contribution is 0.268. The highest BCUT2D eigenvalue weighted by atomic mass is 16.3. The van der Waals surface area contributed by atoms with Gasteiger partial charge >= 0.3 is 0 Å². The van der Waals surface area contributed by atoms with Crippen LogP contribution in [0.5, 0.6) is 0 Å². The lowest BCUT2D eigenvalue weighted by atomic mass is 10.1. The normalized spacial score (nSPS) is 11.7. The van der Waals surface area contributed by atoms with Crippen LogP contribution < -0.4 is 4.90 Å². The first-order valence-electron chi connectivity index (χ1n) is 4.61. The molecular weight excluding hydrogens is 192 g/mol. The van der Waals surface area contributed by atoms with Gasteiger partial charge in [0.15, 0.2) is 0 Å². The van der Waals surface area contributed by atoms with Crippen LogP contribution in [0.15, 0.2) is 29.4 Å². The monoisotopic (exact) mass is 206 g/mol. The van der Waals surface area contributed by atoms with Crippen molar-refractivity contribution < 1.29 is 5.11 Å². The molecule has 0 fully saturated rings. The number of anilines is 1. The summed E-state index contributed by atoms with van der Waals surface area (Å²) in [6.45, 7) is -0.175. The standard InChI is InChI=1S/C10H14N4O/c1-14(2)9-5-3-8(4-6-9)10(7-15)12-13-11/h3-6,10,15H,7H2,1-2H3. The quantitative estimate of drug-likeness (QED) is 0.465. The molecule has 0 spiro atoms. The van der Waals surface area contributed by atoms with Gasteiger partial charge < -0.3 is 10.0 Å². The van der Waals surface area contributed by atoms with Crippen LogP contribution in [0.25, 0.3) is 10.4 Å². The minimum Gasteiger partial charge on any atom is -0.396 e. The van der Waals surface area contributed by atoms with Gasteiger partial charge in [-0.15, -0.1) is 0 Å². The van der Waals surface area contributed by atoms with Gasteiger partial charge in [-0.1, -0.05) is 17.2 Å². The molecule has 1 atom stereocenters. The molecule has 0 aliphatic carbocycles. The van der Waals surface area contributed by atoms with Crippen molar-refractivity contribution in [3.8, 4) is 0 Å². The molecule has 80 valence electrons. The van der Waals surface area contributed by atoms with Crippen molar-refractivity contribution >= 4 is 5.69 Å². The Kier molecular flexibility index (Phi) is 3.97. The summed E-state index contributed by atoms with van der Waals surface area (Å²) in [5, 5.41) is 12.5. The van der Waals surface area contributed by atoms with Gasteiger partial charge in [-0.25, -0.2) is 0 Å². The van der Waals surface area contributed by atoms with Crippen LogP contribution in [0.1, 0.15) is 11.6 Å². The largest absolute Gasteiger partial charge is 0.396 e. The highest BCUT2D eigenvalue weighted by Gasteiger charge is 2.07. The van der Waals surface area contributed by atoms with Crippen molar-refractivity contribution in [2.24, 2.45) is 5.11 Å². The Labute approximate surface area is 88.6 Å². The molecule has 5 nitrogen and oxygen atoms in total. The molecule has 15 heavy (non-hydrogen) atoms. The van der Waals surface area contributed by atoms with E-state index in [0.29, 0.717) is 0 Å². The minimum atomic E-state index is -0.494. The van der Waals surface area contributed by atoms with Crippen LogP contribution in [0.4, 0.5) is 5.69 Å². The zero-order valence-corrected chi connectivity index (χ0v) is 8.83. The molecule has 1 aromatic rings. The van der Waals surface area contributed by atoms with E-state index in [1.807, 2.05) is 43.3 Å². The molecule has 1 aromatic carbocycles. The van der Waals surface area contributed by atoms with E-state index in [1.54, 1.807) is 0 Å². The fraction of sp³-hybridized carbons (Fsp3) is 0.400. The number of aliphatic hydroxyl groups excluding tert-OH is 1. The van der Waals surface area contributed by atoms with Crippen LogP contribution >= 0.6 is 0 Å². The molecule has 0 aromatic heterocycles. The lowest BCUT2D eigenvalue weighted by Gasteiger charge is -2.14. The lowest BCUT2D eigenvalue weighted by Crippen LogP contribution is -2.08. The van der Waals surface area contributed by atoms with Crippen molar-refractivity contribution in [3.63, 3.8) is 0 Å². The predicted octanol–water partition coefficient (Wildman–Crippen LogP) is 2.10. The van der Waals surface area contributed by atoms with Crippen LogP contribution in [0.2, 0.25) is 0 Å². The predicted molar refractivity (Wildman–Crippen MR) is 59.7 cm³/mol. The Morgan fingerprint density at radius 3 is 2.40 bits per heavy atom. The van der Waals surface area contributed by atoms with Gasteiger partial charge in [-0.2, -0.15) is 0 Å². The summed E-state index contributed by atoms with van der Waals surface area (Å²) in [7, 11) is 3.90. The van der Waals surface area contributed by atoms with Crippen LogP contribution in [-0.4, -0.2) is 25.8 Å². The second kappa shape index (κ2) is 5.24. The maximum absolute atomic E-state index is 9.01. The SMILES string of the molecule is CN(C)c1ccc(C(CO)N=[N+]=[N-])cc1. The third kappa shape index (κ3) is 2.87. The van der Waals surface area contributed by atoms with E-state index < -0.39 is 6.04 Å². The smallest absolute Gasteiger partial charge is 0.0856 e. The maximum Gasteiger partial charge on any atom is 0.0856 e. The van der Waals surface area contributed by atoms with Crippen molar-refractivity contribution in [1.82, 2.24) is 0 Å². The Bertz CT molecular complexity index is 354. The Morgan fingerprint density at radius 1 is 1.40 bits per heavy atom. The van der Waals surface area contributed by atoms with E-state index in [0.717, 1.165) is 11.3 Å². The molecule has 1 rings (SSSR count). The van der Waals surface area contributed by atoms with Crippen molar-refractivity contribution in [2.75, 3.05) is 25.6 Å². The molecule has 0 aliphatic heterocycles. The molecule has 0 saturated carbocycles. The van der Waals surface area contributed by atoms with Gasteiger partial charge in [0, 0.05) is 24.7 Å². The number of rotatable bonds is 4. The summed E-state index contributed by atoms with van der Waals surface area (Å²) >= 11 is 0. The third-order valence-electron chi connectivity index (χ3n) is 2.16. The summed E-state index contributed by atoms with van der Waals surface area (Å²) in [5.74, 6) is 0. The molecule has 0 heterocycles. The van der Waals surface area contributed by atoms with Crippen molar-refractivity contribution in [2.45, 2.75) is 6.04 Å². The van der Waals surface area contributed by atoms with E-state index in [9.17, 15) is 0 Å². The molecule has 1 N–H and O–H groups in total. The van der Waals surface area contributed by atoms with Gasteiger partial charge in [-0.3, -0.25) is 0 Å². The molecule has 0 aliphatic rings. The van der Waals surface area contributed by atoms with E-state index in [-0.39, 0.29) is 6.61 Å². The first kappa shape index (κ1) is 11.4. The number of hydrogen-bond donors (Lipinski definition) is 1. The Morgan fingerprint density at radius 2 is 2.00 bits per heavy atom. The average molecular weight is 206 g/mol. The average Bonchev–Trinajstić information content (AvgIpc) is 2.26. The summed E-state index contributed by atoms with van der Waals surface area (Å²) in [6.07, 6.45) is 0. The maximum atomic E-state index is 9.01. The fourth-order valence-corrected chi connectivity index (χ4v) is 1.27. The zero-order valence-electron chi connectivity index (χ0n) is 8.83. The van der Waals surface area contributed by atoms with E-state index in [2.05, 4.69) is 10.0 Å². The molecule has 0 amide bonds. The van der Waals surface area contributed by atoms with Crippen molar-refractivity contribution in [1.29, 1.82) is 0 Å². The molecule has 0 bridgehead atoms. The number of azide groups is 1. The topological polar surface area (TPSA) is 72.2 Å². The van der Waals surface area contributed by atoms with E-state index in [4.69, 9.17) is 10.6 Å². The van der Waals surface area contributed by atoms with Crippen LogP contribution in [-0.2, 0) is 0 Å². The number of aliphatic hydroxyl groups is 1. The summed E-state index contributed by atoms with van der Waals surface area (Å²) in [4.78, 5) is 4.67. The summed E-state index contributed by atoms with van der Waals surface area (Å²) in [5.41, 5.74) is 10.2. The van der Waals surface area contributed by atoms with E-state index >= 15 is 0 Å². The number of hydrogen-bond acceptors (Lipinski definition) is 3. The van der Waals surface area contributed by atoms with Gasteiger partial charge in [0.05, 0.1) is 12.6 Å². The van der Waals surface area contributed by atoms with Gasteiger partial charge in [-0.05, 0) is 23.2 Å². The highest BCUT2D eigenvalue weighted by molar-refractivity contribution is 5.46. The fourth-order valence-electron chi connectivity index (χ4n) is 1.27. The van der Waals surface area contributed by atoms with E-state index in [1.165, 1.54) is 0 Å². The summed E-state index contributed by atoms with van der Waals surface area (Å²) in [6, 6.07) is 7.05. The number of benzene rings is 1. The van der Waals surface area contributed by atoms with Crippen LogP contribution in [0.3, 0.4) is 0 Å². The molecular formula is C10H14N4O. The Hall–Kier alpha value is -1.71. The molecule has 5 heteroatoms. The Balaban J connectivity index is 2.91. The number of nitrogens with zero attached hydrogens (tertiary/aromatic N) is 4. The van der Waals surface area contributed by atoms with Gasteiger partial charge in [0.2, 0.25) is 0 Å². The third-order valence-corrected chi connectivity index (χ3v) is 2.16. The second-order valence-corrected chi connectivity index (χ2v) is 3.39. The first-order chi connectivity index (χ1) is 7.19. The molecule has 0 radical (unpaired) electrons. The minimum absolute atomic E-state index is 0.175. The van der Waals surface area contributed by atoms with Crippen molar-refractivity contribution in [3.05, 3.63) is 40.3 Å². The molecule has 0 saturated heterocycles.